The lowest BCUT2D eigenvalue weighted by molar-refractivity contribution is -0.908. The van der Waals surface area contributed by atoms with E-state index in [0.29, 0.717) is 29.7 Å². The first-order chi connectivity index (χ1) is 16.7. The number of morpholine rings is 1. The van der Waals surface area contributed by atoms with Crippen LogP contribution in [0, 0.1) is 0 Å². The lowest BCUT2D eigenvalue weighted by atomic mass is 9.98. The molecule has 7 heteroatoms. The van der Waals surface area contributed by atoms with E-state index in [9.17, 15) is 9.59 Å². The van der Waals surface area contributed by atoms with E-state index in [1.165, 1.54) is 4.90 Å². The Balaban J connectivity index is 1.51. The molecule has 1 atom stereocenters. The van der Waals surface area contributed by atoms with E-state index in [1.807, 2.05) is 36.4 Å². The largest absolute Gasteiger partial charge is 0.494 e. The molecule has 2 aliphatic rings. The Bertz CT molecular complexity index is 1230. The van der Waals surface area contributed by atoms with Crippen LogP contribution in [0.5, 0.6) is 5.75 Å². The van der Waals surface area contributed by atoms with E-state index < -0.39 is 6.04 Å². The molecule has 3 aromatic rings. The molecule has 0 unspecified atom stereocenters. The maximum atomic E-state index is 13.6. The minimum Gasteiger partial charge on any atom is -0.494 e. The van der Waals surface area contributed by atoms with Crippen molar-refractivity contribution in [2.24, 2.45) is 0 Å². The zero-order chi connectivity index (χ0) is 23.5. The van der Waals surface area contributed by atoms with Gasteiger partial charge in [-0.2, -0.15) is 0 Å². The first kappa shape index (κ1) is 22.6. The summed E-state index contributed by atoms with van der Waals surface area (Å²) in [7, 11) is 0. The van der Waals surface area contributed by atoms with E-state index in [4.69, 9.17) is 13.9 Å². The Labute approximate surface area is 198 Å². The fourth-order valence-electron chi connectivity index (χ4n) is 4.95. The first-order valence-electron chi connectivity index (χ1n) is 12.2. The molecule has 1 saturated heterocycles. The molecule has 0 spiro atoms. The zero-order valence-electron chi connectivity index (χ0n) is 19.5. The van der Waals surface area contributed by atoms with E-state index in [1.54, 1.807) is 17.0 Å². The molecule has 0 bridgehead atoms. The van der Waals surface area contributed by atoms with Crippen LogP contribution in [0.1, 0.15) is 47.5 Å². The fraction of sp³-hybridized carbons (Fsp3) is 0.407. The summed E-state index contributed by atoms with van der Waals surface area (Å²) in [5, 5.41) is 0.497. The van der Waals surface area contributed by atoms with Crippen LogP contribution in [0.15, 0.2) is 57.7 Å². The molecule has 34 heavy (non-hydrogen) atoms. The van der Waals surface area contributed by atoms with Crippen LogP contribution >= 0.6 is 0 Å². The zero-order valence-corrected chi connectivity index (χ0v) is 19.5. The molecule has 3 heterocycles. The molecule has 1 amide bonds. The second-order valence-corrected chi connectivity index (χ2v) is 8.96. The molecule has 1 aromatic heterocycles. The van der Waals surface area contributed by atoms with Crippen LogP contribution in [0.4, 0.5) is 0 Å². The minimum absolute atomic E-state index is 0.142. The second-order valence-electron chi connectivity index (χ2n) is 8.96. The van der Waals surface area contributed by atoms with Crippen molar-refractivity contribution in [3.63, 3.8) is 0 Å². The van der Waals surface area contributed by atoms with Crippen LogP contribution in [-0.4, -0.2) is 56.8 Å². The van der Waals surface area contributed by atoms with Gasteiger partial charge in [0.2, 0.25) is 5.76 Å². The average molecular weight is 464 g/mol. The number of ether oxygens (including phenoxy) is 2. The quantitative estimate of drug-likeness (QED) is 0.556. The maximum Gasteiger partial charge on any atom is 0.290 e. The highest BCUT2D eigenvalue weighted by Gasteiger charge is 2.42. The number of rotatable bonds is 8. The molecule has 2 aromatic carbocycles. The number of amides is 1. The second kappa shape index (κ2) is 9.99. The Kier molecular flexibility index (Phi) is 6.65. The number of benzene rings is 2. The van der Waals surface area contributed by atoms with Gasteiger partial charge in [-0.25, -0.2) is 0 Å². The molecule has 7 nitrogen and oxygen atoms in total. The highest BCUT2D eigenvalue weighted by atomic mass is 16.5. The summed E-state index contributed by atoms with van der Waals surface area (Å²) in [6, 6.07) is 14.4. The number of quaternary nitrogens is 1. The molecule has 5 rings (SSSR count). The van der Waals surface area contributed by atoms with Crippen molar-refractivity contribution in [3.8, 4) is 5.75 Å². The van der Waals surface area contributed by atoms with Crippen LogP contribution < -0.4 is 15.1 Å². The van der Waals surface area contributed by atoms with Gasteiger partial charge in [0, 0.05) is 13.0 Å². The van der Waals surface area contributed by atoms with Gasteiger partial charge < -0.3 is 23.7 Å². The van der Waals surface area contributed by atoms with Gasteiger partial charge in [-0.1, -0.05) is 31.2 Å². The third-order valence-electron chi connectivity index (χ3n) is 6.65. The van der Waals surface area contributed by atoms with Gasteiger partial charge in [0.05, 0.1) is 43.4 Å². The molecule has 0 saturated carbocycles. The Morgan fingerprint density at radius 1 is 1.09 bits per heavy atom. The Morgan fingerprint density at radius 3 is 2.74 bits per heavy atom. The highest BCUT2D eigenvalue weighted by molar-refractivity contribution is 5.99. The summed E-state index contributed by atoms with van der Waals surface area (Å²) in [6.07, 6.45) is 1.74. The number of para-hydroxylation sites is 1. The lowest BCUT2D eigenvalue weighted by Gasteiger charge is -2.27. The third kappa shape index (κ3) is 4.33. The number of fused-ring (bicyclic) bond motifs is 2. The summed E-state index contributed by atoms with van der Waals surface area (Å²) >= 11 is 0. The topological polar surface area (TPSA) is 73.4 Å². The predicted octanol–water partition coefficient (Wildman–Crippen LogP) is 2.43. The van der Waals surface area contributed by atoms with Crippen molar-refractivity contribution in [1.29, 1.82) is 0 Å². The normalized spacial score (nSPS) is 18.4. The maximum absolute atomic E-state index is 13.6. The smallest absolute Gasteiger partial charge is 0.290 e. The van der Waals surface area contributed by atoms with Crippen LogP contribution in [0.25, 0.3) is 11.0 Å². The van der Waals surface area contributed by atoms with Crippen molar-refractivity contribution in [2.45, 2.75) is 25.8 Å². The monoisotopic (exact) mass is 463 g/mol. The van der Waals surface area contributed by atoms with Crippen LogP contribution in [-0.2, 0) is 4.74 Å². The number of hydrogen-bond donors (Lipinski definition) is 1. The van der Waals surface area contributed by atoms with E-state index in [-0.39, 0.29) is 17.1 Å². The van der Waals surface area contributed by atoms with Crippen molar-refractivity contribution in [3.05, 3.63) is 75.6 Å². The minimum atomic E-state index is -0.492. The molecule has 2 aliphatic heterocycles. The molecular weight excluding hydrogens is 432 g/mol. The van der Waals surface area contributed by atoms with Gasteiger partial charge in [0.25, 0.3) is 5.91 Å². The van der Waals surface area contributed by atoms with Gasteiger partial charge in [0.1, 0.15) is 24.4 Å². The molecule has 0 aliphatic carbocycles. The standard InChI is InChI=1S/C27H30N2O5/c1-2-15-33-20-8-5-7-19(18-20)24-23-25(30)21-9-3-4-10-22(21)34-26(23)27(31)29(24)12-6-11-28-13-16-32-17-14-28/h3-5,7-10,18,24H,2,6,11-17H2,1H3/p+1/t24-/m0/s1. The van der Waals surface area contributed by atoms with E-state index in [0.717, 1.165) is 57.0 Å². The van der Waals surface area contributed by atoms with Crippen molar-refractivity contribution in [2.75, 3.05) is 46.0 Å². The average Bonchev–Trinajstić information content (AvgIpc) is 3.15. The predicted molar refractivity (Wildman–Crippen MR) is 129 cm³/mol. The number of carbonyl (C=O) groups is 1. The molecule has 178 valence electrons. The summed E-state index contributed by atoms with van der Waals surface area (Å²) in [6.45, 7) is 7.71. The summed E-state index contributed by atoms with van der Waals surface area (Å²) in [4.78, 5) is 30.4. The molecule has 1 fully saturated rings. The fourth-order valence-corrected chi connectivity index (χ4v) is 4.95. The van der Waals surface area contributed by atoms with Gasteiger partial charge in [-0.3, -0.25) is 9.59 Å². The van der Waals surface area contributed by atoms with Crippen molar-refractivity contribution >= 4 is 16.9 Å². The molecule has 0 radical (unpaired) electrons. The summed E-state index contributed by atoms with van der Waals surface area (Å²) < 4.78 is 17.3. The Morgan fingerprint density at radius 2 is 1.91 bits per heavy atom. The lowest BCUT2D eigenvalue weighted by Crippen LogP contribution is -3.14. The van der Waals surface area contributed by atoms with Gasteiger partial charge >= 0.3 is 0 Å². The summed E-state index contributed by atoms with van der Waals surface area (Å²) in [5.41, 5.74) is 1.59. The first-order valence-corrected chi connectivity index (χ1v) is 12.2. The van der Waals surface area contributed by atoms with Crippen molar-refractivity contribution < 1.29 is 23.6 Å². The van der Waals surface area contributed by atoms with Crippen molar-refractivity contribution in [1.82, 2.24) is 4.90 Å². The van der Waals surface area contributed by atoms with Crippen LogP contribution in [0.3, 0.4) is 0 Å². The van der Waals surface area contributed by atoms with Gasteiger partial charge in [-0.15, -0.1) is 0 Å². The van der Waals surface area contributed by atoms with Gasteiger partial charge in [0.15, 0.2) is 5.43 Å². The number of carbonyl (C=O) groups excluding carboxylic acids is 1. The van der Waals surface area contributed by atoms with Crippen LogP contribution in [0.2, 0.25) is 0 Å². The number of nitrogens with zero attached hydrogens (tertiary/aromatic N) is 1. The number of hydrogen-bond acceptors (Lipinski definition) is 5. The highest BCUT2D eigenvalue weighted by Crippen LogP contribution is 2.39. The molecular formula is C27H31N2O5+. The van der Waals surface area contributed by atoms with E-state index in [2.05, 4.69) is 6.92 Å². The third-order valence-corrected chi connectivity index (χ3v) is 6.65. The SMILES string of the molecule is CCCOc1cccc([C@H]2c3c(oc4ccccc4c3=O)C(=O)N2CCC[NH+]2CCOCC2)c1. The van der Waals surface area contributed by atoms with E-state index >= 15 is 0 Å². The Hall–Kier alpha value is -3.16. The molecule has 1 N–H and O–H groups in total. The van der Waals surface area contributed by atoms with Gasteiger partial charge in [-0.05, 0) is 36.2 Å². The number of nitrogens with one attached hydrogen (secondary N) is 1. The summed E-state index contributed by atoms with van der Waals surface area (Å²) in [5.74, 6) is 0.676.